The zero-order valence-electron chi connectivity index (χ0n) is 9.92. The number of anilines is 2. The predicted octanol–water partition coefficient (Wildman–Crippen LogP) is 3.57. The van der Waals surface area contributed by atoms with Crippen molar-refractivity contribution in [3.63, 3.8) is 0 Å². The molecule has 0 aliphatic heterocycles. The number of nitrogens with one attached hydrogen (secondary N) is 1. The van der Waals surface area contributed by atoms with E-state index in [9.17, 15) is 0 Å². The van der Waals surface area contributed by atoms with Crippen molar-refractivity contribution in [1.29, 1.82) is 0 Å². The van der Waals surface area contributed by atoms with E-state index >= 15 is 0 Å². The molecule has 1 aromatic carbocycles. The van der Waals surface area contributed by atoms with Crippen molar-refractivity contribution < 1.29 is 4.74 Å². The Morgan fingerprint density at radius 2 is 2.28 bits per heavy atom. The fourth-order valence-corrected chi connectivity index (χ4v) is 2.84. The van der Waals surface area contributed by atoms with Crippen LogP contribution in [0.25, 0.3) is 0 Å². The third-order valence-corrected chi connectivity index (χ3v) is 4.05. The molecule has 0 radical (unpaired) electrons. The molecule has 0 aliphatic carbocycles. The van der Waals surface area contributed by atoms with E-state index in [-0.39, 0.29) is 0 Å². The number of hydrogen-bond donors (Lipinski definition) is 1. The molecule has 0 aliphatic rings. The lowest BCUT2D eigenvalue weighted by atomic mass is 10.3. The number of hydrogen-bond acceptors (Lipinski definition) is 6. The molecule has 0 saturated carbocycles. The van der Waals surface area contributed by atoms with Crippen LogP contribution in [-0.2, 0) is 0 Å². The van der Waals surface area contributed by atoms with Gasteiger partial charge in [-0.3, -0.25) is 0 Å². The first-order valence-corrected chi connectivity index (χ1v) is 7.11. The summed E-state index contributed by atoms with van der Waals surface area (Å²) < 4.78 is 6.19. The smallest absolute Gasteiger partial charge is 0.210 e. The van der Waals surface area contributed by atoms with Crippen LogP contribution < -0.4 is 10.1 Å². The van der Waals surface area contributed by atoms with Gasteiger partial charge in [0.05, 0.1) is 12.8 Å². The monoisotopic (exact) mass is 279 g/mol. The van der Waals surface area contributed by atoms with Gasteiger partial charge in [0.2, 0.25) is 5.13 Å². The largest absolute Gasteiger partial charge is 0.495 e. The van der Waals surface area contributed by atoms with E-state index in [2.05, 4.69) is 22.1 Å². The molecule has 0 spiro atoms. The molecule has 0 bridgehead atoms. The van der Waals surface area contributed by atoms with Crippen LogP contribution in [0.4, 0.5) is 10.8 Å². The molecular formula is C12H13N3OS2. The lowest BCUT2D eigenvalue weighted by Crippen LogP contribution is -1.93. The maximum absolute atomic E-state index is 5.26. The minimum absolute atomic E-state index is 0.756. The SMILES string of the molecule is C=CCSc1nnc(Nc2ccccc2OC)s1. The molecule has 6 heteroatoms. The first kappa shape index (κ1) is 12.9. The molecule has 18 heavy (non-hydrogen) atoms. The summed E-state index contributed by atoms with van der Waals surface area (Å²) in [5, 5.41) is 12.1. The van der Waals surface area contributed by atoms with Gasteiger partial charge in [-0.05, 0) is 12.1 Å². The van der Waals surface area contributed by atoms with Crippen molar-refractivity contribution in [2.45, 2.75) is 4.34 Å². The fourth-order valence-electron chi connectivity index (χ4n) is 1.31. The lowest BCUT2D eigenvalue weighted by molar-refractivity contribution is 0.417. The van der Waals surface area contributed by atoms with Crippen LogP contribution in [0.5, 0.6) is 5.75 Å². The Bertz CT molecular complexity index is 528. The van der Waals surface area contributed by atoms with Gasteiger partial charge in [0.25, 0.3) is 0 Å². The quantitative estimate of drug-likeness (QED) is 0.647. The van der Waals surface area contributed by atoms with Crippen molar-refractivity contribution in [1.82, 2.24) is 10.2 Å². The Morgan fingerprint density at radius 1 is 1.44 bits per heavy atom. The Hall–Kier alpha value is -1.53. The maximum atomic E-state index is 5.26. The van der Waals surface area contributed by atoms with Crippen LogP contribution in [0.15, 0.2) is 41.3 Å². The number of para-hydroxylation sites is 2. The molecule has 0 amide bonds. The van der Waals surface area contributed by atoms with Gasteiger partial charge in [-0.2, -0.15) is 0 Å². The van der Waals surface area contributed by atoms with E-state index in [0.717, 1.165) is 26.7 Å². The topological polar surface area (TPSA) is 47.0 Å². The summed E-state index contributed by atoms with van der Waals surface area (Å²) in [7, 11) is 1.64. The van der Waals surface area contributed by atoms with Gasteiger partial charge < -0.3 is 10.1 Å². The number of nitrogens with zero attached hydrogens (tertiary/aromatic N) is 2. The molecule has 2 aromatic rings. The van der Waals surface area contributed by atoms with E-state index in [1.807, 2.05) is 30.3 Å². The van der Waals surface area contributed by atoms with E-state index < -0.39 is 0 Å². The third-order valence-electron chi connectivity index (χ3n) is 2.08. The fraction of sp³-hybridized carbons (Fsp3) is 0.167. The Morgan fingerprint density at radius 3 is 3.06 bits per heavy atom. The Balaban J connectivity index is 2.08. The highest BCUT2D eigenvalue weighted by Gasteiger charge is 2.07. The zero-order valence-corrected chi connectivity index (χ0v) is 11.6. The van der Waals surface area contributed by atoms with Gasteiger partial charge in [0.15, 0.2) is 4.34 Å². The summed E-state index contributed by atoms with van der Waals surface area (Å²) in [6.07, 6.45) is 1.85. The number of thioether (sulfide) groups is 1. The average molecular weight is 279 g/mol. The van der Waals surface area contributed by atoms with Gasteiger partial charge in [0.1, 0.15) is 5.75 Å². The van der Waals surface area contributed by atoms with E-state index in [4.69, 9.17) is 4.74 Å². The lowest BCUT2D eigenvalue weighted by Gasteiger charge is -2.07. The summed E-state index contributed by atoms with van der Waals surface area (Å²) in [5.74, 6) is 1.62. The van der Waals surface area contributed by atoms with E-state index in [1.54, 1.807) is 18.9 Å². The molecule has 2 rings (SSSR count). The summed E-state index contributed by atoms with van der Waals surface area (Å²) in [6, 6.07) is 7.71. The zero-order chi connectivity index (χ0) is 12.8. The molecule has 4 nitrogen and oxygen atoms in total. The highest BCUT2D eigenvalue weighted by atomic mass is 32.2. The molecule has 0 fully saturated rings. The van der Waals surface area contributed by atoms with Crippen molar-refractivity contribution in [2.24, 2.45) is 0 Å². The molecule has 1 N–H and O–H groups in total. The Kier molecular flexibility index (Phi) is 4.60. The van der Waals surface area contributed by atoms with Crippen LogP contribution in [0.3, 0.4) is 0 Å². The van der Waals surface area contributed by atoms with Gasteiger partial charge >= 0.3 is 0 Å². The highest BCUT2D eigenvalue weighted by molar-refractivity contribution is 8.01. The van der Waals surface area contributed by atoms with Crippen LogP contribution in [0.1, 0.15) is 0 Å². The Labute approximate surface area is 114 Å². The third kappa shape index (κ3) is 3.24. The number of ether oxygens (including phenoxy) is 1. The second-order valence-corrected chi connectivity index (χ2v) is 5.54. The molecule has 0 unspecified atom stereocenters. The molecule has 0 saturated heterocycles. The maximum Gasteiger partial charge on any atom is 0.210 e. The molecule has 94 valence electrons. The molecule has 1 heterocycles. The van der Waals surface area contributed by atoms with Crippen molar-refractivity contribution in [2.75, 3.05) is 18.2 Å². The number of aromatic nitrogens is 2. The highest BCUT2D eigenvalue weighted by Crippen LogP contribution is 2.31. The van der Waals surface area contributed by atoms with E-state index in [1.165, 1.54) is 11.3 Å². The van der Waals surface area contributed by atoms with E-state index in [0.29, 0.717) is 0 Å². The van der Waals surface area contributed by atoms with Crippen LogP contribution in [-0.4, -0.2) is 23.1 Å². The minimum Gasteiger partial charge on any atom is -0.495 e. The van der Waals surface area contributed by atoms with Gasteiger partial charge in [0, 0.05) is 5.75 Å². The number of methoxy groups -OCH3 is 1. The predicted molar refractivity (Wildman–Crippen MR) is 77.1 cm³/mol. The summed E-state index contributed by atoms with van der Waals surface area (Å²) >= 11 is 3.13. The number of benzene rings is 1. The minimum atomic E-state index is 0.756. The normalized spacial score (nSPS) is 10.1. The molecule has 1 aromatic heterocycles. The van der Waals surface area contributed by atoms with Crippen molar-refractivity contribution in [3.8, 4) is 5.75 Å². The van der Waals surface area contributed by atoms with Gasteiger partial charge in [-0.15, -0.1) is 16.8 Å². The van der Waals surface area contributed by atoms with Crippen LogP contribution in [0.2, 0.25) is 0 Å². The molecular weight excluding hydrogens is 266 g/mol. The first-order chi connectivity index (χ1) is 8.83. The summed E-state index contributed by atoms with van der Waals surface area (Å²) in [5.41, 5.74) is 0.886. The van der Waals surface area contributed by atoms with Crippen molar-refractivity contribution in [3.05, 3.63) is 36.9 Å². The van der Waals surface area contributed by atoms with Gasteiger partial charge in [-0.1, -0.05) is 41.3 Å². The molecule has 0 atom stereocenters. The summed E-state index contributed by atoms with van der Waals surface area (Å²) in [4.78, 5) is 0. The summed E-state index contributed by atoms with van der Waals surface area (Å²) in [6.45, 7) is 3.68. The van der Waals surface area contributed by atoms with Crippen molar-refractivity contribution >= 4 is 33.9 Å². The van der Waals surface area contributed by atoms with Gasteiger partial charge in [-0.25, -0.2) is 0 Å². The van der Waals surface area contributed by atoms with Crippen LogP contribution >= 0.6 is 23.1 Å². The number of rotatable bonds is 6. The second-order valence-electron chi connectivity index (χ2n) is 3.30. The standard InChI is InChI=1S/C12H13N3OS2/c1-3-8-17-12-15-14-11(18-12)13-9-6-4-5-7-10(9)16-2/h3-7H,1,8H2,2H3,(H,13,14). The average Bonchev–Trinajstić information content (AvgIpc) is 2.84. The van der Waals surface area contributed by atoms with Crippen LogP contribution in [0, 0.1) is 0 Å². The first-order valence-electron chi connectivity index (χ1n) is 5.30. The second kappa shape index (κ2) is 6.42.